The number of benzene rings is 2. The van der Waals surface area contributed by atoms with Gasteiger partial charge in [-0.2, -0.15) is 0 Å². The molecule has 2 aromatic carbocycles. The molecule has 1 aliphatic heterocycles. The molecule has 1 aromatic heterocycles. The third-order valence-corrected chi connectivity index (χ3v) is 8.27. The van der Waals surface area contributed by atoms with Crippen molar-refractivity contribution in [1.82, 2.24) is 15.3 Å². The van der Waals surface area contributed by atoms with Gasteiger partial charge in [0.15, 0.2) is 17.3 Å². The van der Waals surface area contributed by atoms with Crippen molar-refractivity contribution in [2.45, 2.75) is 64.2 Å². The number of ether oxygens (including phenoxy) is 2. The van der Waals surface area contributed by atoms with Crippen molar-refractivity contribution in [3.05, 3.63) is 53.9 Å². The van der Waals surface area contributed by atoms with Gasteiger partial charge in [0.25, 0.3) is 0 Å². The molecule has 0 unspecified atom stereocenters. The summed E-state index contributed by atoms with van der Waals surface area (Å²) in [6.45, 7) is 1.89. The van der Waals surface area contributed by atoms with E-state index in [0.29, 0.717) is 42.7 Å². The fourth-order valence-electron chi connectivity index (χ4n) is 5.89. The Labute approximate surface area is 242 Å². The van der Waals surface area contributed by atoms with Crippen LogP contribution in [0.25, 0.3) is 10.9 Å². The van der Waals surface area contributed by atoms with Crippen LogP contribution in [-0.2, 0) is 11.2 Å². The molecule has 41 heavy (non-hydrogen) atoms. The predicted molar refractivity (Wildman–Crippen MR) is 161 cm³/mol. The molecule has 0 bridgehead atoms. The van der Waals surface area contributed by atoms with Crippen molar-refractivity contribution >= 4 is 28.4 Å². The monoisotopic (exact) mass is 558 g/mol. The molecule has 218 valence electrons. The molecule has 1 aliphatic carbocycles. The maximum Gasteiger partial charge on any atom is 0.220 e. The standard InChI is InChI=1S/C33H42N4O4/c1-37(2)33-26-8-3-4-9-27(26)35-31(36-33)10-5-7-23-11-13-24(14-12-23)22-34-32(39)18-16-28(38)25-15-17-29-30(21-25)41-20-6-19-40-29/h3-4,8-9,15,17,21,23-24H,5-7,10-14,16,18-20,22H2,1-2H3,(H,34,39). The largest absolute Gasteiger partial charge is 0.490 e. The molecule has 1 N–H and O–H groups in total. The van der Waals surface area contributed by atoms with Crippen LogP contribution in [0.1, 0.15) is 74.0 Å². The molecule has 1 fully saturated rings. The van der Waals surface area contributed by atoms with Gasteiger partial charge in [0.1, 0.15) is 11.6 Å². The topological polar surface area (TPSA) is 93.7 Å². The second-order valence-corrected chi connectivity index (χ2v) is 11.6. The number of nitrogens with zero attached hydrogens (tertiary/aromatic N) is 3. The van der Waals surface area contributed by atoms with Crippen LogP contribution in [0.15, 0.2) is 42.5 Å². The minimum atomic E-state index is -0.0534. The summed E-state index contributed by atoms with van der Waals surface area (Å²) in [4.78, 5) is 36.8. The number of nitrogens with one attached hydrogen (secondary N) is 1. The highest BCUT2D eigenvalue weighted by Gasteiger charge is 2.22. The van der Waals surface area contributed by atoms with Gasteiger partial charge in [-0.25, -0.2) is 9.97 Å². The van der Waals surface area contributed by atoms with E-state index in [1.54, 1.807) is 18.2 Å². The Kier molecular flexibility index (Phi) is 9.70. The molecular weight excluding hydrogens is 516 g/mol. The predicted octanol–water partition coefficient (Wildman–Crippen LogP) is 5.77. The molecule has 0 spiro atoms. The average molecular weight is 559 g/mol. The number of amides is 1. The van der Waals surface area contributed by atoms with E-state index in [1.165, 1.54) is 19.3 Å². The summed E-state index contributed by atoms with van der Waals surface area (Å²) in [5, 5.41) is 4.16. The normalized spacial score (nSPS) is 18.5. The first-order chi connectivity index (χ1) is 20.0. The van der Waals surface area contributed by atoms with Crippen molar-refractivity contribution in [3.63, 3.8) is 0 Å². The average Bonchev–Trinajstić information content (AvgIpc) is 3.24. The molecule has 0 saturated heterocycles. The lowest BCUT2D eigenvalue weighted by Crippen LogP contribution is -2.31. The number of carbonyl (C=O) groups is 2. The van der Waals surface area contributed by atoms with Gasteiger partial charge in [-0.05, 0) is 61.4 Å². The van der Waals surface area contributed by atoms with Crippen molar-refractivity contribution < 1.29 is 19.1 Å². The second-order valence-electron chi connectivity index (χ2n) is 11.6. The minimum Gasteiger partial charge on any atom is -0.490 e. The second kappa shape index (κ2) is 13.8. The van der Waals surface area contributed by atoms with Gasteiger partial charge in [0.2, 0.25) is 5.91 Å². The molecule has 1 saturated carbocycles. The molecule has 1 amide bonds. The maximum atomic E-state index is 12.7. The molecule has 8 heteroatoms. The maximum absolute atomic E-state index is 12.7. The van der Waals surface area contributed by atoms with Crippen LogP contribution in [0, 0.1) is 11.8 Å². The summed E-state index contributed by atoms with van der Waals surface area (Å²) in [5.41, 5.74) is 1.57. The molecule has 2 heterocycles. The highest BCUT2D eigenvalue weighted by molar-refractivity contribution is 5.98. The Morgan fingerprint density at radius 1 is 0.927 bits per heavy atom. The fraction of sp³-hybridized carbons (Fsp3) is 0.515. The Hall–Kier alpha value is -3.68. The third-order valence-electron chi connectivity index (χ3n) is 8.27. The first-order valence-corrected chi connectivity index (χ1v) is 15.1. The van der Waals surface area contributed by atoms with Crippen LogP contribution >= 0.6 is 0 Å². The Morgan fingerprint density at radius 2 is 1.68 bits per heavy atom. The van der Waals surface area contributed by atoms with E-state index in [1.807, 2.05) is 26.2 Å². The Morgan fingerprint density at radius 3 is 2.49 bits per heavy atom. The zero-order valence-electron chi connectivity index (χ0n) is 24.4. The first-order valence-electron chi connectivity index (χ1n) is 15.1. The smallest absolute Gasteiger partial charge is 0.220 e. The molecule has 5 rings (SSSR count). The van der Waals surface area contributed by atoms with E-state index in [9.17, 15) is 9.59 Å². The Balaban J connectivity index is 0.991. The number of anilines is 1. The molecule has 2 aliphatic rings. The zero-order valence-corrected chi connectivity index (χ0v) is 24.4. The van der Waals surface area contributed by atoms with Crippen LogP contribution in [0.5, 0.6) is 11.5 Å². The summed E-state index contributed by atoms with van der Waals surface area (Å²) in [6, 6.07) is 13.5. The molecule has 0 atom stereocenters. The van der Waals surface area contributed by atoms with Crippen LogP contribution in [-0.4, -0.2) is 55.5 Å². The van der Waals surface area contributed by atoms with E-state index < -0.39 is 0 Å². The van der Waals surface area contributed by atoms with Crippen molar-refractivity contribution in [2.75, 3.05) is 38.8 Å². The summed E-state index contributed by atoms with van der Waals surface area (Å²) < 4.78 is 11.3. The van der Waals surface area contributed by atoms with E-state index >= 15 is 0 Å². The molecule has 0 radical (unpaired) electrons. The van der Waals surface area contributed by atoms with E-state index in [2.05, 4.69) is 22.3 Å². The lowest BCUT2D eigenvalue weighted by Gasteiger charge is -2.28. The Bertz CT molecular complexity index is 1350. The van der Waals surface area contributed by atoms with Crippen LogP contribution < -0.4 is 19.7 Å². The van der Waals surface area contributed by atoms with Gasteiger partial charge < -0.3 is 19.7 Å². The number of Topliss-reactive ketones (excluding diaryl/α,β-unsaturated/α-hetero) is 1. The highest BCUT2D eigenvalue weighted by Crippen LogP contribution is 2.33. The zero-order chi connectivity index (χ0) is 28.6. The number of fused-ring (bicyclic) bond motifs is 2. The van der Waals surface area contributed by atoms with E-state index in [0.717, 1.165) is 60.6 Å². The van der Waals surface area contributed by atoms with Gasteiger partial charge in [0, 0.05) is 57.3 Å². The SMILES string of the molecule is CN(C)c1nc(CCCC2CCC(CNC(=O)CCC(=O)c3ccc4c(c3)OCCCO4)CC2)nc2ccccc12. The fourth-order valence-corrected chi connectivity index (χ4v) is 5.89. The van der Waals surface area contributed by atoms with Gasteiger partial charge in [-0.15, -0.1) is 0 Å². The third kappa shape index (κ3) is 7.75. The van der Waals surface area contributed by atoms with Gasteiger partial charge in [-0.3, -0.25) is 9.59 Å². The summed E-state index contributed by atoms with van der Waals surface area (Å²) >= 11 is 0. The number of hydrogen-bond donors (Lipinski definition) is 1. The van der Waals surface area contributed by atoms with Crippen LogP contribution in [0.4, 0.5) is 5.82 Å². The van der Waals surface area contributed by atoms with Gasteiger partial charge >= 0.3 is 0 Å². The van der Waals surface area contributed by atoms with E-state index in [4.69, 9.17) is 19.4 Å². The van der Waals surface area contributed by atoms with Gasteiger partial charge in [0.05, 0.1) is 18.7 Å². The highest BCUT2D eigenvalue weighted by atomic mass is 16.5. The minimum absolute atomic E-state index is 0.0525. The number of rotatable bonds is 11. The first kappa shape index (κ1) is 28.8. The number of aromatic nitrogens is 2. The quantitative estimate of drug-likeness (QED) is 0.299. The van der Waals surface area contributed by atoms with Gasteiger partial charge in [-0.1, -0.05) is 31.4 Å². The molecule has 8 nitrogen and oxygen atoms in total. The summed E-state index contributed by atoms with van der Waals surface area (Å²) in [6.07, 6.45) is 9.06. The summed E-state index contributed by atoms with van der Waals surface area (Å²) in [7, 11) is 4.06. The van der Waals surface area contributed by atoms with Crippen LogP contribution in [0.3, 0.4) is 0 Å². The number of para-hydroxylation sites is 1. The van der Waals surface area contributed by atoms with Crippen molar-refractivity contribution in [3.8, 4) is 11.5 Å². The van der Waals surface area contributed by atoms with Crippen molar-refractivity contribution in [2.24, 2.45) is 11.8 Å². The number of hydrogen-bond acceptors (Lipinski definition) is 7. The van der Waals surface area contributed by atoms with E-state index in [-0.39, 0.29) is 24.5 Å². The molecular formula is C33H42N4O4. The number of aryl methyl sites for hydroxylation is 1. The molecule has 3 aromatic rings. The summed E-state index contributed by atoms with van der Waals surface area (Å²) in [5.74, 6) is 4.31. The number of ketones is 1. The number of carbonyl (C=O) groups excluding carboxylic acids is 2. The lowest BCUT2D eigenvalue weighted by atomic mass is 9.80. The lowest BCUT2D eigenvalue weighted by molar-refractivity contribution is -0.121. The van der Waals surface area contributed by atoms with Crippen molar-refractivity contribution in [1.29, 1.82) is 0 Å². The van der Waals surface area contributed by atoms with Crippen LogP contribution in [0.2, 0.25) is 0 Å².